The fraction of sp³-hybridized carbons (Fsp3) is 0.429. The summed E-state index contributed by atoms with van der Waals surface area (Å²) < 4.78 is 0. The molecule has 1 aromatic heterocycles. The van der Waals surface area contributed by atoms with Crippen molar-refractivity contribution in [1.29, 1.82) is 0 Å². The maximum absolute atomic E-state index is 11.2. The molecule has 11 heavy (non-hydrogen) atoms. The minimum atomic E-state index is -0.0320. The third-order valence-corrected chi connectivity index (χ3v) is 1.90. The van der Waals surface area contributed by atoms with Gasteiger partial charge in [0.05, 0.1) is 6.33 Å². The number of carbonyl (C=O) groups excluding carboxylic acids is 1. The van der Waals surface area contributed by atoms with Crippen molar-refractivity contribution in [1.82, 2.24) is 9.97 Å². The molecule has 1 atom stereocenters. The molecule has 1 unspecified atom stereocenters. The van der Waals surface area contributed by atoms with E-state index in [0.717, 1.165) is 12.1 Å². The van der Waals surface area contributed by atoms with E-state index in [1.165, 1.54) is 0 Å². The lowest BCUT2D eigenvalue weighted by Gasteiger charge is -2.15. The van der Waals surface area contributed by atoms with E-state index < -0.39 is 0 Å². The average molecular weight is 151 g/mol. The maximum atomic E-state index is 11.2. The van der Waals surface area contributed by atoms with Crippen molar-refractivity contribution in [2.75, 3.05) is 0 Å². The van der Waals surface area contributed by atoms with Gasteiger partial charge in [-0.15, -0.1) is 0 Å². The van der Waals surface area contributed by atoms with Crippen molar-refractivity contribution in [2.45, 2.75) is 18.9 Å². The van der Waals surface area contributed by atoms with Gasteiger partial charge in [-0.2, -0.15) is 0 Å². The SMILES string of the molecule is NC1CC(=O)c2nc[nH]c2C1. The molecule has 1 aliphatic carbocycles. The van der Waals surface area contributed by atoms with Crippen LogP contribution in [-0.2, 0) is 6.42 Å². The largest absolute Gasteiger partial charge is 0.348 e. The summed E-state index contributed by atoms with van der Waals surface area (Å²) in [5, 5.41) is 0. The molecule has 0 aliphatic heterocycles. The lowest BCUT2D eigenvalue weighted by molar-refractivity contribution is 0.0960. The predicted molar refractivity (Wildman–Crippen MR) is 39.2 cm³/mol. The molecule has 4 heteroatoms. The predicted octanol–water partition coefficient (Wildman–Crippen LogP) is -0.134. The number of H-pyrrole nitrogens is 1. The van der Waals surface area contributed by atoms with Crippen LogP contribution in [0.2, 0.25) is 0 Å². The van der Waals surface area contributed by atoms with Crippen LogP contribution < -0.4 is 5.73 Å². The molecular weight excluding hydrogens is 142 g/mol. The molecule has 58 valence electrons. The van der Waals surface area contributed by atoms with Crippen molar-refractivity contribution >= 4 is 5.78 Å². The Morgan fingerprint density at radius 2 is 2.45 bits per heavy atom. The number of nitrogens with zero attached hydrogens (tertiary/aromatic N) is 1. The number of hydrogen-bond acceptors (Lipinski definition) is 3. The van der Waals surface area contributed by atoms with Gasteiger partial charge in [-0.1, -0.05) is 0 Å². The fourth-order valence-electron chi connectivity index (χ4n) is 1.39. The third kappa shape index (κ3) is 0.952. The van der Waals surface area contributed by atoms with Gasteiger partial charge in [-0.3, -0.25) is 4.79 Å². The zero-order chi connectivity index (χ0) is 7.84. The number of aromatic nitrogens is 2. The van der Waals surface area contributed by atoms with E-state index in [4.69, 9.17) is 5.73 Å². The Balaban J connectivity index is 2.44. The number of Topliss-reactive ketones (excluding diaryl/α,β-unsaturated/α-hetero) is 1. The second-order valence-corrected chi connectivity index (χ2v) is 2.82. The monoisotopic (exact) mass is 151 g/mol. The van der Waals surface area contributed by atoms with Gasteiger partial charge in [0.2, 0.25) is 0 Å². The average Bonchev–Trinajstić information content (AvgIpc) is 2.34. The minimum Gasteiger partial charge on any atom is -0.348 e. The first kappa shape index (κ1) is 6.54. The van der Waals surface area contributed by atoms with Gasteiger partial charge in [0.25, 0.3) is 0 Å². The van der Waals surface area contributed by atoms with Gasteiger partial charge >= 0.3 is 0 Å². The second kappa shape index (κ2) is 2.17. The Hall–Kier alpha value is -1.16. The fourth-order valence-corrected chi connectivity index (χ4v) is 1.39. The van der Waals surface area contributed by atoms with Crippen LogP contribution in [0.5, 0.6) is 0 Å². The molecule has 1 aromatic rings. The minimum absolute atomic E-state index is 0.0320. The number of fused-ring (bicyclic) bond motifs is 1. The molecule has 0 bridgehead atoms. The van der Waals surface area contributed by atoms with Gasteiger partial charge < -0.3 is 10.7 Å². The molecule has 0 fully saturated rings. The van der Waals surface area contributed by atoms with E-state index in [-0.39, 0.29) is 11.8 Å². The van der Waals surface area contributed by atoms with Crippen LogP contribution in [0.3, 0.4) is 0 Å². The number of carbonyl (C=O) groups is 1. The van der Waals surface area contributed by atoms with Gasteiger partial charge in [-0.25, -0.2) is 4.98 Å². The first-order valence-corrected chi connectivity index (χ1v) is 3.58. The molecule has 4 nitrogen and oxygen atoms in total. The Bertz CT molecular complexity index is 292. The summed E-state index contributed by atoms with van der Waals surface area (Å²) in [4.78, 5) is 18.0. The number of nitrogens with two attached hydrogens (primary N) is 1. The topological polar surface area (TPSA) is 71.8 Å². The van der Waals surface area contributed by atoms with Crippen LogP contribution in [0.15, 0.2) is 6.33 Å². The van der Waals surface area contributed by atoms with E-state index in [0.29, 0.717) is 12.1 Å². The highest BCUT2D eigenvalue weighted by molar-refractivity contribution is 5.96. The van der Waals surface area contributed by atoms with Crippen molar-refractivity contribution in [3.8, 4) is 0 Å². The van der Waals surface area contributed by atoms with Crippen molar-refractivity contribution in [2.24, 2.45) is 5.73 Å². The van der Waals surface area contributed by atoms with Crippen LogP contribution in [0.1, 0.15) is 22.6 Å². The number of imidazole rings is 1. The van der Waals surface area contributed by atoms with Crippen LogP contribution in [0.4, 0.5) is 0 Å². The van der Waals surface area contributed by atoms with Gasteiger partial charge in [0, 0.05) is 24.6 Å². The van der Waals surface area contributed by atoms with E-state index in [2.05, 4.69) is 9.97 Å². The lowest BCUT2D eigenvalue weighted by atomic mass is 9.96. The first-order valence-electron chi connectivity index (χ1n) is 3.58. The van der Waals surface area contributed by atoms with E-state index in [9.17, 15) is 4.79 Å². The molecule has 0 amide bonds. The zero-order valence-electron chi connectivity index (χ0n) is 6.00. The van der Waals surface area contributed by atoms with Crippen LogP contribution >= 0.6 is 0 Å². The summed E-state index contributed by atoms with van der Waals surface area (Å²) in [6.07, 6.45) is 2.71. The van der Waals surface area contributed by atoms with Gasteiger partial charge in [0.15, 0.2) is 5.78 Å². The van der Waals surface area contributed by atoms with Crippen LogP contribution in [0, 0.1) is 0 Å². The molecule has 2 rings (SSSR count). The summed E-state index contributed by atoms with van der Waals surface area (Å²) in [7, 11) is 0. The molecule has 1 heterocycles. The molecular formula is C7H9N3O. The van der Waals surface area contributed by atoms with Crippen molar-refractivity contribution in [3.63, 3.8) is 0 Å². The summed E-state index contributed by atoms with van der Waals surface area (Å²) in [5.41, 5.74) is 7.09. The maximum Gasteiger partial charge on any atom is 0.184 e. The molecule has 0 saturated heterocycles. The zero-order valence-corrected chi connectivity index (χ0v) is 6.00. The van der Waals surface area contributed by atoms with Crippen LogP contribution in [-0.4, -0.2) is 21.8 Å². The highest BCUT2D eigenvalue weighted by Gasteiger charge is 2.24. The lowest BCUT2D eigenvalue weighted by Crippen LogP contribution is -2.31. The van der Waals surface area contributed by atoms with Crippen molar-refractivity contribution < 1.29 is 4.79 Å². The number of nitrogens with one attached hydrogen (secondary N) is 1. The van der Waals surface area contributed by atoms with E-state index in [1.54, 1.807) is 6.33 Å². The molecule has 1 aliphatic rings. The van der Waals surface area contributed by atoms with Gasteiger partial charge in [0.1, 0.15) is 5.69 Å². The Morgan fingerprint density at radius 3 is 3.27 bits per heavy atom. The van der Waals surface area contributed by atoms with Crippen LogP contribution in [0.25, 0.3) is 0 Å². The van der Waals surface area contributed by atoms with E-state index in [1.807, 2.05) is 0 Å². The summed E-state index contributed by atoms with van der Waals surface area (Å²) in [5.74, 6) is 0.0556. The standard InChI is InChI=1S/C7H9N3O/c8-4-1-5-7(6(11)2-4)10-3-9-5/h3-4H,1-2,8H2,(H,9,10). The Labute approximate surface area is 63.8 Å². The van der Waals surface area contributed by atoms with Gasteiger partial charge in [-0.05, 0) is 0 Å². The summed E-state index contributed by atoms with van der Waals surface area (Å²) in [6, 6.07) is -0.0320. The molecule has 3 N–H and O–H groups in total. The van der Waals surface area contributed by atoms with E-state index >= 15 is 0 Å². The number of hydrogen-bond donors (Lipinski definition) is 2. The molecule has 0 radical (unpaired) electrons. The summed E-state index contributed by atoms with van der Waals surface area (Å²) >= 11 is 0. The smallest absolute Gasteiger partial charge is 0.184 e. The highest BCUT2D eigenvalue weighted by Crippen LogP contribution is 2.15. The molecule has 0 aromatic carbocycles. The highest BCUT2D eigenvalue weighted by atomic mass is 16.1. The molecule has 0 spiro atoms. The normalized spacial score (nSPS) is 23.4. The second-order valence-electron chi connectivity index (χ2n) is 2.82. The van der Waals surface area contributed by atoms with Crippen molar-refractivity contribution in [3.05, 3.63) is 17.7 Å². The first-order chi connectivity index (χ1) is 5.27. The Kier molecular flexibility index (Phi) is 1.29. The molecule has 0 saturated carbocycles. The number of rotatable bonds is 0. The third-order valence-electron chi connectivity index (χ3n) is 1.90. The number of ketones is 1. The summed E-state index contributed by atoms with van der Waals surface area (Å²) in [6.45, 7) is 0. The quantitative estimate of drug-likeness (QED) is 0.542. The number of aromatic amines is 1. The Morgan fingerprint density at radius 1 is 1.64 bits per heavy atom.